The maximum Gasteiger partial charge on any atom is 0.328 e. The van der Waals surface area contributed by atoms with E-state index in [2.05, 4.69) is 17.2 Å². The van der Waals surface area contributed by atoms with E-state index in [4.69, 9.17) is 16.2 Å². The molecule has 7 nitrogen and oxygen atoms in total. The summed E-state index contributed by atoms with van der Waals surface area (Å²) in [4.78, 5) is 28.2. The van der Waals surface area contributed by atoms with Crippen molar-refractivity contribution in [3.8, 4) is 0 Å². The zero-order chi connectivity index (χ0) is 20.3. The van der Waals surface area contributed by atoms with Crippen LogP contribution in [0.5, 0.6) is 0 Å². The second kappa shape index (κ2) is 17.6. The van der Waals surface area contributed by atoms with Gasteiger partial charge in [-0.05, 0) is 25.7 Å². The molecule has 1 atom stereocenters. The average molecular weight is 385 g/mol. The normalized spacial score (nSPS) is 11.6. The van der Waals surface area contributed by atoms with Crippen LogP contribution in [-0.2, 0) is 14.3 Å². The SMILES string of the molecule is CCCCCCCCCCC(=O)N[C@@H](CCCN=C(N)N)C(=O)OCCC. The Morgan fingerprint density at radius 1 is 0.926 bits per heavy atom. The number of nitrogens with zero attached hydrogens (tertiary/aromatic N) is 1. The van der Waals surface area contributed by atoms with Crippen LogP contribution in [0, 0.1) is 0 Å². The lowest BCUT2D eigenvalue weighted by Gasteiger charge is -2.17. The number of unbranched alkanes of at least 4 members (excludes halogenated alkanes) is 7. The first-order valence-electron chi connectivity index (χ1n) is 10.5. The molecule has 0 bridgehead atoms. The Kier molecular flexibility index (Phi) is 16.4. The van der Waals surface area contributed by atoms with Gasteiger partial charge in [0, 0.05) is 13.0 Å². The highest BCUT2D eigenvalue weighted by molar-refractivity contribution is 5.84. The van der Waals surface area contributed by atoms with E-state index in [1.54, 1.807) is 0 Å². The molecule has 0 heterocycles. The summed E-state index contributed by atoms with van der Waals surface area (Å²) in [6.07, 6.45) is 11.7. The molecule has 5 N–H and O–H groups in total. The summed E-state index contributed by atoms with van der Waals surface area (Å²) in [5.74, 6) is -0.453. The summed E-state index contributed by atoms with van der Waals surface area (Å²) in [6, 6.07) is -0.632. The minimum absolute atomic E-state index is 0.0267. The Labute approximate surface area is 164 Å². The van der Waals surface area contributed by atoms with Crippen molar-refractivity contribution in [2.45, 2.75) is 96.9 Å². The summed E-state index contributed by atoms with van der Waals surface area (Å²) >= 11 is 0. The fourth-order valence-electron chi connectivity index (χ4n) is 2.74. The molecular formula is C20H40N4O3. The first kappa shape index (κ1) is 25.2. The monoisotopic (exact) mass is 384 g/mol. The minimum atomic E-state index is -0.632. The predicted molar refractivity (Wildman–Crippen MR) is 110 cm³/mol. The molecule has 7 heteroatoms. The van der Waals surface area contributed by atoms with Crippen molar-refractivity contribution in [1.29, 1.82) is 0 Å². The molecule has 0 aromatic heterocycles. The number of carbonyl (C=O) groups excluding carboxylic acids is 2. The van der Waals surface area contributed by atoms with Crippen molar-refractivity contribution in [2.75, 3.05) is 13.2 Å². The van der Waals surface area contributed by atoms with Crippen molar-refractivity contribution < 1.29 is 14.3 Å². The van der Waals surface area contributed by atoms with Crippen LogP contribution in [0.4, 0.5) is 0 Å². The van der Waals surface area contributed by atoms with Crippen molar-refractivity contribution in [3.05, 3.63) is 0 Å². The Bertz CT molecular complexity index is 423. The van der Waals surface area contributed by atoms with Crippen LogP contribution in [0.1, 0.15) is 90.9 Å². The highest BCUT2D eigenvalue weighted by atomic mass is 16.5. The third-order valence-electron chi connectivity index (χ3n) is 4.27. The number of hydrogen-bond donors (Lipinski definition) is 3. The molecule has 0 aromatic carbocycles. The number of ether oxygens (including phenoxy) is 1. The Balaban J connectivity index is 4.12. The molecular weight excluding hydrogens is 344 g/mol. The van der Waals surface area contributed by atoms with E-state index < -0.39 is 6.04 Å². The van der Waals surface area contributed by atoms with Gasteiger partial charge in [0.25, 0.3) is 0 Å². The standard InChI is InChI=1S/C20H40N4O3/c1-3-5-6-7-8-9-10-11-14-18(25)24-17(19(26)27-16-4-2)13-12-15-23-20(21)22/h17H,3-16H2,1-2H3,(H,24,25)(H4,21,22,23)/t17-/m0/s1. The van der Waals surface area contributed by atoms with Crippen molar-refractivity contribution in [3.63, 3.8) is 0 Å². The van der Waals surface area contributed by atoms with Crippen LogP contribution in [0.2, 0.25) is 0 Å². The molecule has 0 rings (SSSR count). The average Bonchev–Trinajstić information content (AvgIpc) is 2.64. The number of amides is 1. The highest BCUT2D eigenvalue weighted by Gasteiger charge is 2.21. The molecule has 27 heavy (non-hydrogen) atoms. The molecule has 0 saturated carbocycles. The van der Waals surface area contributed by atoms with Gasteiger partial charge in [-0.3, -0.25) is 9.79 Å². The number of nitrogens with two attached hydrogens (primary N) is 2. The van der Waals surface area contributed by atoms with Crippen molar-refractivity contribution in [1.82, 2.24) is 5.32 Å². The van der Waals surface area contributed by atoms with Gasteiger partial charge in [-0.25, -0.2) is 4.79 Å². The molecule has 0 aromatic rings. The van der Waals surface area contributed by atoms with Gasteiger partial charge >= 0.3 is 5.97 Å². The summed E-state index contributed by atoms with van der Waals surface area (Å²) in [5.41, 5.74) is 10.6. The second-order valence-corrected chi connectivity index (χ2v) is 6.96. The van der Waals surface area contributed by atoms with Crippen LogP contribution >= 0.6 is 0 Å². The van der Waals surface area contributed by atoms with Crippen molar-refractivity contribution >= 4 is 17.8 Å². The van der Waals surface area contributed by atoms with Crippen molar-refractivity contribution in [2.24, 2.45) is 16.5 Å². The largest absolute Gasteiger partial charge is 0.464 e. The Hall–Kier alpha value is -1.79. The predicted octanol–water partition coefficient (Wildman–Crippen LogP) is 3.01. The molecule has 1 amide bonds. The smallest absolute Gasteiger partial charge is 0.328 e. The van der Waals surface area contributed by atoms with Gasteiger partial charge in [0.2, 0.25) is 5.91 Å². The van der Waals surface area contributed by atoms with E-state index in [0.29, 0.717) is 32.4 Å². The fraction of sp³-hybridized carbons (Fsp3) is 0.850. The van der Waals surface area contributed by atoms with Gasteiger partial charge in [0.15, 0.2) is 5.96 Å². The number of carbonyl (C=O) groups is 2. The minimum Gasteiger partial charge on any atom is -0.464 e. The second-order valence-electron chi connectivity index (χ2n) is 6.96. The van der Waals surface area contributed by atoms with Gasteiger partial charge in [-0.15, -0.1) is 0 Å². The lowest BCUT2D eigenvalue weighted by molar-refractivity contribution is -0.148. The summed E-state index contributed by atoms with van der Waals surface area (Å²) in [5, 5.41) is 2.81. The van der Waals surface area contributed by atoms with Gasteiger partial charge in [-0.1, -0.05) is 58.8 Å². The topological polar surface area (TPSA) is 120 Å². The molecule has 0 aliphatic carbocycles. The number of nitrogens with one attached hydrogen (secondary N) is 1. The highest BCUT2D eigenvalue weighted by Crippen LogP contribution is 2.10. The maximum atomic E-state index is 12.2. The lowest BCUT2D eigenvalue weighted by atomic mass is 10.1. The molecule has 0 unspecified atom stereocenters. The van der Waals surface area contributed by atoms with Crippen LogP contribution in [-0.4, -0.2) is 37.0 Å². The van der Waals surface area contributed by atoms with E-state index in [1.165, 1.54) is 32.1 Å². The third kappa shape index (κ3) is 16.1. The number of aliphatic imine (C=N–C) groups is 1. The van der Waals surface area contributed by atoms with Crippen LogP contribution in [0.3, 0.4) is 0 Å². The Morgan fingerprint density at radius 2 is 1.56 bits per heavy atom. The summed E-state index contributed by atoms with van der Waals surface area (Å²) in [7, 11) is 0. The van der Waals surface area contributed by atoms with Crippen LogP contribution in [0.25, 0.3) is 0 Å². The molecule has 0 saturated heterocycles. The zero-order valence-electron chi connectivity index (χ0n) is 17.3. The fourth-order valence-corrected chi connectivity index (χ4v) is 2.74. The van der Waals surface area contributed by atoms with Crippen LogP contribution in [0.15, 0.2) is 4.99 Å². The molecule has 0 aliphatic rings. The van der Waals surface area contributed by atoms with E-state index in [0.717, 1.165) is 25.7 Å². The number of esters is 1. The quantitative estimate of drug-likeness (QED) is 0.154. The van der Waals surface area contributed by atoms with E-state index in [1.807, 2.05) is 6.92 Å². The van der Waals surface area contributed by atoms with Crippen LogP contribution < -0.4 is 16.8 Å². The number of guanidine groups is 1. The Morgan fingerprint density at radius 3 is 2.15 bits per heavy atom. The maximum absolute atomic E-state index is 12.2. The molecule has 0 fully saturated rings. The zero-order valence-corrected chi connectivity index (χ0v) is 17.3. The van der Waals surface area contributed by atoms with Gasteiger partial charge < -0.3 is 21.5 Å². The number of hydrogen-bond acceptors (Lipinski definition) is 4. The summed E-state index contributed by atoms with van der Waals surface area (Å²) < 4.78 is 5.18. The van der Waals surface area contributed by atoms with E-state index in [9.17, 15) is 9.59 Å². The number of rotatable bonds is 17. The molecule has 158 valence electrons. The molecule has 0 spiro atoms. The lowest BCUT2D eigenvalue weighted by Crippen LogP contribution is -2.42. The third-order valence-corrected chi connectivity index (χ3v) is 4.27. The molecule has 0 radical (unpaired) electrons. The van der Waals surface area contributed by atoms with E-state index >= 15 is 0 Å². The first-order valence-corrected chi connectivity index (χ1v) is 10.5. The first-order chi connectivity index (χ1) is 13.0. The van der Waals surface area contributed by atoms with Gasteiger partial charge in [0.05, 0.1) is 6.61 Å². The van der Waals surface area contributed by atoms with Gasteiger partial charge in [0.1, 0.15) is 6.04 Å². The van der Waals surface area contributed by atoms with Gasteiger partial charge in [-0.2, -0.15) is 0 Å². The molecule has 0 aliphatic heterocycles. The summed E-state index contributed by atoms with van der Waals surface area (Å²) in [6.45, 7) is 4.93. The van der Waals surface area contributed by atoms with E-state index in [-0.39, 0.29) is 17.8 Å².